The fourth-order valence-electron chi connectivity index (χ4n) is 7.55. The molecule has 0 bridgehead atoms. The molecule has 7 nitrogen and oxygen atoms in total. The van der Waals surface area contributed by atoms with Crippen LogP contribution in [0.4, 0.5) is 9.18 Å². The Bertz CT molecular complexity index is 949. The number of hydrogen-bond donors (Lipinski definition) is 1. The standard InChI is InChI=1S/C24H30ClFO7/c1-13-9-17-16-6-5-14-10-15(27)7-8-21(14,2)23(16,26)18(28)11-22(17,3)24(13,19(29)32-12-25)33-20(30)31-4/h7-8,10,13,16-18,28H,5-6,9,11-12H2,1-4H3/t13-,16+,17+,18+,21+,22+,23+,24+/m1/s1. The van der Waals surface area contributed by atoms with Crippen molar-refractivity contribution in [2.24, 2.45) is 28.6 Å². The zero-order chi connectivity index (χ0) is 24.4. The molecule has 33 heavy (non-hydrogen) atoms. The van der Waals surface area contributed by atoms with Crippen LogP contribution in [0.2, 0.25) is 0 Å². The summed E-state index contributed by atoms with van der Waals surface area (Å²) in [7, 11) is 1.14. The topological polar surface area (TPSA) is 99.1 Å². The van der Waals surface area contributed by atoms with Gasteiger partial charge in [-0.25, -0.2) is 14.0 Å². The number of halogens is 2. The van der Waals surface area contributed by atoms with E-state index in [0.717, 1.165) is 7.11 Å². The van der Waals surface area contributed by atoms with Gasteiger partial charge in [0.1, 0.15) is 0 Å². The number of rotatable bonds is 3. The lowest BCUT2D eigenvalue weighted by atomic mass is 9.44. The number of ether oxygens (including phenoxy) is 3. The van der Waals surface area contributed by atoms with E-state index in [9.17, 15) is 19.5 Å². The lowest BCUT2D eigenvalue weighted by Crippen LogP contribution is -2.70. The monoisotopic (exact) mass is 484 g/mol. The number of methoxy groups -OCH3 is 1. The maximum Gasteiger partial charge on any atom is 0.509 e. The molecule has 4 aliphatic rings. The highest BCUT2D eigenvalue weighted by atomic mass is 35.5. The van der Waals surface area contributed by atoms with Crippen LogP contribution in [0.1, 0.15) is 46.5 Å². The van der Waals surface area contributed by atoms with Crippen LogP contribution in [0.15, 0.2) is 23.8 Å². The Morgan fingerprint density at radius 2 is 2.00 bits per heavy atom. The van der Waals surface area contributed by atoms with Crippen molar-refractivity contribution < 1.29 is 38.1 Å². The van der Waals surface area contributed by atoms with Crippen molar-refractivity contribution in [2.45, 2.75) is 63.8 Å². The molecule has 0 unspecified atom stereocenters. The third-order valence-electron chi connectivity index (χ3n) is 9.08. The molecule has 9 heteroatoms. The Kier molecular flexibility index (Phi) is 5.72. The Morgan fingerprint density at radius 3 is 2.64 bits per heavy atom. The minimum atomic E-state index is -2.06. The van der Waals surface area contributed by atoms with Crippen LogP contribution in [0.3, 0.4) is 0 Å². The summed E-state index contributed by atoms with van der Waals surface area (Å²) in [5.74, 6) is -2.60. The van der Waals surface area contributed by atoms with Gasteiger partial charge in [0.25, 0.3) is 0 Å². The number of carbonyl (C=O) groups is 3. The Balaban J connectivity index is 1.84. The molecule has 0 radical (unpaired) electrons. The molecule has 0 heterocycles. The van der Waals surface area contributed by atoms with Crippen LogP contribution >= 0.6 is 11.6 Å². The average molecular weight is 485 g/mol. The molecule has 4 rings (SSSR count). The predicted molar refractivity (Wildman–Crippen MR) is 116 cm³/mol. The molecule has 4 aliphatic carbocycles. The Hall–Kier alpha value is -1.93. The molecule has 0 aromatic rings. The summed E-state index contributed by atoms with van der Waals surface area (Å²) < 4.78 is 32.7. The van der Waals surface area contributed by atoms with E-state index in [4.69, 9.17) is 25.8 Å². The zero-order valence-corrected chi connectivity index (χ0v) is 20.0. The molecule has 0 spiro atoms. The molecule has 3 fully saturated rings. The minimum Gasteiger partial charge on any atom is -0.446 e. The number of alkyl halides is 2. The van der Waals surface area contributed by atoms with Gasteiger partial charge in [0.15, 0.2) is 17.5 Å². The summed E-state index contributed by atoms with van der Waals surface area (Å²) in [6, 6.07) is -0.442. The number of ketones is 1. The van der Waals surface area contributed by atoms with E-state index in [1.165, 1.54) is 12.2 Å². The largest absolute Gasteiger partial charge is 0.509 e. The van der Waals surface area contributed by atoms with E-state index in [1.54, 1.807) is 26.8 Å². The summed E-state index contributed by atoms with van der Waals surface area (Å²) in [4.78, 5) is 37.5. The summed E-state index contributed by atoms with van der Waals surface area (Å²) in [6.45, 7) is 5.22. The van der Waals surface area contributed by atoms with Crippen molar-refractivity contribution in [2.75, 3.05) is 13.2 Å². The van der Waals surface area contributed by atoms with Crippen molar-refractivity contribution in [3.05, 3.63) is 23.8 Å². The van der Waals surface area contributed by atoms with Gasteiger partial charge in [-0.15, -0.1) is 0 Å². The van der Waals surface area contributed by atoms with Crippen molar-refractivity contribution >= 4 is 29.5 Å². The first kappa shape index (κ1) is 24.2. The van der Waals surface area contributed by atoms with Crippen molar-refractivity contribution in [1.29, 1.82) is 0 Å². The predicted octanol–water partition coefficient (Wildman–Crippen LogP) is 3.86. The van der Waals surface area contributed by atoms with Gasteiger partial charge in [0, 0.05) is 22.7 Å². The normalized spacial score (nSPS) is 45.9. The van der Waals surface area contributed by atoms with Crippen LogP contribution in [0.25, 0.3) is 0 Å². The lowest BCUT2D eigenvalue weighted by Gasteiger charge is -2.62. The molecule has 0 saturated heterocycles. The maximum atomic E-state index is 17.2. The molecule has 0 aromatic heterocycles. The van der Waals surface area contributed by atoms with Gasteiger partial charge >= 0.3 is 12.1 Å². The van der Waals surface area contributed by atoms with Gasteiger partial charge in [-0.05, 0) is 50.7 Å². The summed E-state index contributed by atoms with van der Waals surface area (Å²) in [5, 5.41) is 11.4. The second-order valence-electron chi connectivity index (χ2n) is 10.2. The quantitative estimate of drug-likeness (QED) is 0.479. The first-order valence-corrected chi connectivity index (χ1v) is 11.8. The smallest absolute Gasteiger partial charge is 0.446 e. The summed E-state index contributed by atoms with van der Waals surface area (Å²) >= 11 is 5.68. The number of aliphatic hydroxyl groups is 1. The molecule has 0 amide bonds. The van der Waals surface area contributed by atoms with Crippen LogP contribution in [-0.4, -0.2) is 53.6 Å². The molecule has 1 N–H and O–H groups in total. The summed E-state index contributed by atoms with van der Waals surface area (Å²) in [5.41, 5.74) is -5.47. The van der Waals surface area contributed by atoms with E-state index in [1.807, 2.05) is 0 Å². The second kappa shape index (κ2) is 7.80. The molecule has 0 aliphatic heterocycles. The lowest BCUT2D eigenvalue weighted by molar-refractivity contribution is -0.229. The highest BCUT2D eigenvalue weighted by Crippen LogP contribution is 2.71. The van der Waals surface area contributed by atoms with Gasteiger partial charge in [-0.3, -0.25) is 4.79 Å². The number of allylic oxidation sites excluding steroid dienone is 4. The van der Waals surface area contributed by atoms with E-state index >= 15 is 4.39 Å². The first-order valence-electron chi connectivity index (χ1n) is 11.2. The van der Waals surface area contributed by atoms with Crippen LogP contribution < -0.4 is 0 Å². The molecular formula is C24H30ClFO7. The van der Waals surface area contributed by atoms with Crippen LogP contribution in [-0.2, 0) is 23.8 Å². The third-order valence-corrected chi connectivity index (χ3v) is 9.19. The van der Waals surface area contributed by atoms with Gasteiger partial charge in [0.2, 0.25) is 5.60 Å². The minimum absolute atomic E-state index is 0.145. The van der Waals surface area contributed by atoms with Gasteiger partial charge in [-0.2, -0.15) is 0 Å². The summed E-state index contributed by atoms with van der Waals surface area (Å²) in [6.07, 6.45) is 2.98. The van der Waals surface area contributed by atoms with Crippen LogP contribution in [0, 0.1) is 28.6 Å². The van der Waals surface area contributed by atoms with Crippen molar-refractivity contribution in [3.8, 4) is 0 Å². The fourth-order valence-corrected chi connectivity index (χ4v) is 7.65. The maximum absolute atomic E-state index is 17.2. The van der Waals surface area contributed by atoms with Gasteiger partial charge < -0.3 is 19.3 Å². The fraction of sp³-hybridized carbons (Fsp3) is 0.708. The highest BCUT2D eigenvalue weighted by molar-refractivity contribution is 6.17. The number of carbonyl (C=O) groups excluding carboxylic acids is 3. The Labute approximate surface area is 197 Å². The third kappa shape index (κ3) is 2.92. The second-order valence-corrected chi connectivity index (χ2v) is 10.5. The Morgan fingerprint density at radius 1 is 1.30 bits per heavy atom. The first-order chi connectivity index (χ1) is 15.4. The molecule has 8 atom stereocenters. The highest BCUT2D eigenvalue weighted by Gasteiger charge is 2.78. The van der Waals surface area contributed by atoms with Crippen molar-refractivity contribution in [1.82, 2.24) is 0 Å². The van der Waals surface area contributed by atoms with E-state index < -0.39 is 64.1 Å². The van der Waals surface area contributed by atoms with E-state index in [0.29, 0.717) is 24.8 Å². The SMILES string of the molecule is COC(=O)O[C@]1(C(=O)OCCl)[C@H](C)C[C@H]2[C@@H]3CCC4=CC(=O)C=C[C@]4(C)[C@@]3(F)[C@@H](O)C[C@@]21C. The van der Waals surface area contributed by atoms with Crippen molar-refractivity contribution in [3.63, 3.8) is 0 Å². The zero-order valence-electron chi connectivity index (χ0n) is 19.2. The van der Waals surface area contributed by atoms with E-state index in [2.05, 4.69) is 0 Å². The molecule has 0 aromatic carbocycles. The van der Waals surface area contributed by atoms with E-state index in [-0.39, 0.29) is 12.2 Å². The molecule has 182 valence electrons. The van der Waals surface area contributed by atoms with Crippen LogP contribution in [0.5, 0.6) is 0 Å². The van der Waals surface area contributed by atoms with Gasteiger partial charge in [0.05, 0.1) is 13.2 Å². The molecular weight excluding hydrogens is 455 g/mol. The number of aliphatic hydroxyl groups excluding tert-OH is 1. The number of hydrogen-bond acceptors (Lipinski definition) is 7. The molecule has 3 saturated carbocycles. The number of esters is 1. The van der Waals surface area contributed by atoms with Gasteiger partial charge in [-0.1, -0.05) is 37.1 Å². The number of fused-ring (bicyclic) bond motifs is 5. The average Bonchev–Trinajstić information content (AvgIpc) is 2.97.